The van der Waals surface area contributed by atoms with Crippen molar-refractivity contribution in [2.45, 2.75) is 83.7 Å². The van der Waals surface area contributed by atoms with Gasteiger partial charge in [-0.2, -0.15) is 8.78 Å². The molecule has 0 saturated carbocycles. The predicted molar refractivity (Wildman–Crippen MR) is 146 cm³/mol. The van der Waals surface area contributed by atoms with Crippen LogP contribution in [0.5, 0.6) is 5.88 Å². The minimum absolute atomic E-state index is 0.124. The smallest absolute Gasteiger partial charge is 0.291 e. The maximum atomic E-state index is 14.2. The van der Waals surface area contributed by atoms with Crippen molar-refractivity contribution < 1.29 is 23.0 Å². The molecule has 0 aliphatic carbocycles. The summed E-state index contributed by atoms with van der Waals surface area (Å²) in [7, 11) is 0. The molecule has 0 unspecified atom stereocenters. The highest BCUT2D eigenvalue weighted by atomic mass is 19.3. The van der Waals surface area contributed by atoms with Crippen LogP contribution in [-0.2, 0) is 15.4 Å². The Morgan fingerprint density at radius 1 is 1.18 bits per heavy atom. The molecule has 10 heteroatoms. The normalized spacial score (nSPS) is 21.8. The molecule has 2 radical (unpaired) electrons. The van der Waals surface area contributed by atoms with Crippen LogP contribution in [0, 0.1) is 19.4 Å². The molecule has 3 heterocycles. The number of anilines is 1. The minimum Gasteiger partial charge on any atom is -0.474 e. The summed E-state index contributed by atoms with van der Waals surface area (Å²) in [6.45, 7) is 23.9. The molecule has 1 fully saturated rings. The van der Waals surface area contributed by atoms with Gasteiger partial charge in [0.2, 0.25) is 5.88 Å². The van der Waals surface area contributed by atoms with Gasteiger partial charge in [0.15, 0.2) is 0 Å². The monoisotopic (exact) mass is 543 g/mol. The highest BCUT2D eigenvalue weighted by Crippen LogP contribution is 2.35. The summed E-state index contributed by atoms with van der Waals surface area (Å²) in [6, 6.07) is -0.463. The van der Waals surface area contributed by atoms with Gasteiger partial charge >= 0.3 is 0 Å². The van der Waals surface area contributed by atoms with Gasteiger partial charge in [-0.05, 0) is 39.7 Å². The van der Waals surface area contributed by atoms with E-state index in [1.807, 2.05) is 20.8 Å². The topological polar surface area (TPSA) is 91.3 Å². The lowest BCUT2D eigenvalue weighted by molar-refractivity contribution is -0.180. The lowest BCUT2D eigenvalue weighted by Crippen LogP contribution is -2.57. The second kappa shape index (κ2) is 12.9. The first-order valence-electron chi connectivity index (χ1n) is 13.2. The molecule has 3 rings (SSSR count). The molecular formula is C29H39F2N5O3. The van der Waals surface area contributed by atoms with E-state index in [9.17, 15) is 8.78 Å². The van der Waals surface area contributed by atoms with Crippen LogP contribution in [0.1, 0.15) is 65.3 Å². The van der Waals surface area contributed by atoms with Gasteiger partial charge in [-0.1, -0.05) is 39.0 Å². The Morgan fingerprint density at radius 3 is 2.51 bits per heavy atom. The molecule has 4 atom stereocenters. The van der Waals surface area contributed by atoms with Crippen LogP contribution in [0.4, 0.5) is 14.6 Å². The summed E-state index contributed by atoms with van der Waals surface area (Å²) in [6.07, 6.45) is 5.98. The summed E-state index contributed by atoms with van der Waals surface area (Å²) in [5, 5.41) is 3.16. The number of nitrogens with one attached hydrogen (secondary N) is 1. The number of ether oxygens (including phenoxy) is 3. The number of allylic oxidation sites excluding steroid dienone is 1. The van der Waals surface area contributed by atoms with Gasteiger partial charge in [-0.3, -0.25) is 4.98 Å². The van der Waals surface area contributed by atoms with Crippen LogP contribution in [0.15, 0.2) is 36.9 Å². The van der Waals surface area contributed by atoms with Crippen LogP contribution < -0.4 is 10.1 Å². The summed E-state index contributed by atoms with van der Waals surface area (Å²) in [4.78, 5) is 16.8. The first kappa shape index (κ1) is 30.6. The number of rotatable bonds is 12. The number of hydrogen-bond donors (Lipinski definition) is 1. The van der Waals surface area contributed by atoms with Crippen molar-refractivity contribution >= 4 is 11.4 Å². The standard InChI is InChI=1S/C29H39F2N5O3/c1-9-11-19(5)20-12-34-25(15-33-20)38-17-22-27(39-28(6,7)8)26(18(3)4)21(16-37-22)35-24-14-32-13-23(36-24)29(30,31)10-2/h3,12-15,21-22,26-27H,4-5,9-11,16-17H2,1-2,6-8H3,(H,35,36)/t21-,22+,26+,27-/m0/s1. The Labute approximate surface area is 230 Å². The Kier molecular flexibility index (Phi) is 10.1. The quantitative estimate of drug-likeness (QED) is 0.357. The molecule has 1 aliphatic rings. The van der Waals surface area contributed by atoms with Crippen molar-refractivity contribution in [3.63, 3.8) is 0 Å². The van der Waals surface area contributed by atoms with E-state index in [-0.39, 0.29) is 25.5 Å². The van der Waals surface area contributed by atoms with Crippen molar-refractivity contribution in [3.8, 4) is 5.88 Å². The number of aromatic nitrogens is 4. The molecule has 0 spiro atoms. The Hall–Kier alpha value is -2.98. The van der Waals surface area contributed by atoms with Gasteiger partial charge in [0.1, 0.15) is 24.2 Å². The fourth-order valence-electron chi connectivity index (χ4n) is 4.34. The zero-order valence-electron chi connectivity index (χ0n) is 23.4. The second-order valence-electron chi connectivity index (χ2n) is 10.7. The molecule has 1 aliphatic heterocycles. The highest BCUT2D eigenvalue weighted by molar-refractivity contribution is 5.58. The summed E-state index contributed by atoms with van der Waals surface area (Å²) >= 11 is 0. The van der Waals surface area contributed by atoms with E-state index < -0.39 is 41.4 Å². The minimum atomic E-state index is -3.09. The van der Waals surface area contributed by atoms with Gasteiger partial charge in [-0.15, -0.1) is 0 Å². The van der Waals surface area contributed by atoms with Crippen LogP contribution in [-0.4, -0.2) is 57.0 Å². The maximum Gasteiger partial charge on any atom is 0.291 e. The third-order valence-electron chi connectivity index (χ3n) is 6.29. The van der Waals surface area contributed by atoms with Gasteiger partial charge in [-0.25, -0.2) is 15.0 Å². The van der Waals surface area contributed by atoms with E-state index in [0.717, 1.165) is 30.3 Å². The first-order chi connectivity index (χ1) is 18.3. The van der Waals surface area contributed by atoms with Gasteiger partial charge < -0.3 is 19.5 Å². The second-order valence-corrected chi connectivity index (χ2v) is 10.7. The highest BCUT2D eigenvalue weighted by Gasteiger charge is 2.44. The zero-order chi connectivity index (χ0) is 28.8. The van der Waals surface area contributed by atoms with E-state index in [2.05, 4.69) is 45.7 Å². The maximum absolute atomic E-state index is 14.2. The van der Waals surface area contributed by atoms with Gasteiger partial charge in [0, 0.05) is 12.3 Å². The molecule has 0 amide bonds. The van der Waals surface area contributed by atoms with Crippen LogP contribution in [0.3, 0.4) is 0 Å². The Morgan fingerprint density at radius 2 is 1.92 bits per heavy atom. The van der Waals surface area contributed by atoms with Crippen molar-refractivity contribution in [2.24, 2.45) is 5.92 Å². The molecule has 0 aromatic carbocycles. The molecule has 2 aromatic rings. The number of nitrogens with zero attached hydrogens (tertiary/aromatic N) is 4. The van der Waals surface area contributed by atoms with Crippen molar-refractivity contribution in [1.29, 1.82) is 0 Å². The molecule has 0 bridgehead atoms. The average molecular weight is 544 g/mol. The van der Waals surface area contributed by atoms with E-state index in [0.29, 0.717) is 11.5 Å². The van der Waals surface area contributed by atoms with Crippen LogP contribution >= 0.6 is 0 Å². The summed E-state index contributed by atoms with van der Waals surface area (Å²) < 4.78 is 47.0. The van der Waals surface area contributed by atoms with Crippen molar-refractivity contribution in [3.05, 3.63) is 61.8 Å². The third-order valence-corrected chi connectivity index (χ3v) is 6.29. The largest absolute Gasteiger partial charge is 0.474 e. The Bertz CT molecular complexity index is 1120. The zero-order valence-corrected chi connectivity index (χ0v) is 23.4. The molecular weight excluding hydrogens is 504 g/mol. The lowest BCUT2D eigenvalue weighted by atomic mass is 9.82. The SMILES string of the molecule is [CH]=C([CH2])[C@H]1[C@@H](OC(C)(C)C)[C@@H](COc2cnc(C(=C)CCC)cn2)OC[C@@H]1Nc1cncc(C(F)(F)CC)n1. The van der Waals surface area contributed by atoms with Gasteiger partial charge in [0.05, 0.1) is 54.8 Å². The lowest BCUT2D eigenvalue weighted by Gasteiger charge is -2.45. The van der Waals surface area contributed by atoms with E-state index in [1.165, 1.54) is 13.1 Å². The van der Waals surface area contributed by atoms with Crippen LogP contribution in [0.2, 0.25) is 0 Å². The first-order valence-corrected chi connectivity index (χ1v) is 13.2. The van der Waals surface area contributed by atoms with Crippen molar-refractivity contribution in [1.82, 2.24) is 19.9 Å². The molecule has 39 heavy (non-hydrogen) atoms. The van der Waals surface area contributed by atoms with E-state index in [4.69, 9.17) is 20.8 Å². The van der Waals surface area contributed by atoms with Crippen LogP contribution in [0.25, 0.3) is 5.57 Å². The molecule has 212 valence electrons. The number of hydrogen-bond acceptors (Lipinski definition) is 8. The summed E-state index contributed by atoms with van der Waals surface area (Å²) in [5.41, 5.74) is 1.04. The summed E-state index contributed by atoms with van der Waals surface area (Å²) in [5.74, 6) is -3.01. The Balaban J connectivity index is 1.79. The molecule has 2 aromatic heterocycles. The molecule has 1 N–H and O–H groups in total. The predicted octanol–water partition coefficient (Wildman–Crippen LogP) is 5.83. The van der Waals surface area contributed by atoms with E-state index in [1.54, 1.807) is 12.4 Å². The third kappa shape index (κ3) is 8.25. The molecule has 1 saturated heterocycles. The fourth-order valence-corrected chi connectivity index (χ4v) is 4.34. The number of halogens is 2. The molecule has 8 nitrogen and oxygen atoms in total. The van der Waals surface area contributed by atoms with Crippen molar-refractivity contribution in [2.75, 3.05) is 18.5 Å². The average Bonchev–Trinajstić information content (AvgIpc) is 2.87. The van der Waals surface area contributed by atoms with Gasteiger partial charge in [0.25, 0.3) is 5.92 Å². The fraction of sp³-hybridized carbons (Fsp3) is 0.552. The van der Waals surface area contributed by atoms with E-state index >= 15 is 0 Å². The number of alkyl halides is 2.